The second kappa shape index (κ2) is 11.2. The van der Waals surface area contributed by atoms with E-state index in [-0.39, 0.29) is 24.9 Å². The summed E-state index contributed by atoms with van der Waals surface area (Å²) in [6, 6.07) is 13.8. The van der Waals surface area contributed by atoms with Gasteiger partial charge in [-0.3, -0.25) is 9.59 Å². The van der Waals surface area contributed by atoms with Gasteiger partial charge in [-0.15, -0.1) is 0 Å². The molecule has 4 aromatic rings. The first-order valence-corrected chi connectivity index (χ1v) is 12.8. The van der Waals surface area contributed by atoms with E-state index in [0.29, 0.717) is 37.7 Å². The lowest BCUT2D eigenvalue weighted by atomic mass is 9.89. The summed E-state index contributed by atoms with van der Waals surface area (Å²) in [5.41, 5.74) is 2.75. The Bertz CT molecular complexity index is 1510. The van der Waals surface area contributed by atoms with Crippen molar-refractivity contribution in [3.63, 3.8) is 0 Å². The van der Waals surface area contributed by atoms with Gasteiger partial charge in [0.15, 0.2) is 17.4 Å². The molecule has 0 saturated carbocycles. The average molecular weight is 537 g/mol. The molecule has 0 atom stereocenters. The highest BCUT2D eigenvalue weighted by atomic mass is 19.2. The van der Waals surface area contributed by atoms with Gasteiger partial charge in [0.25, 0.3) is 5.91 Å². The summed E-state index contributed by atoms with van der Waals surface area (Å²) >= 11 is 0. The first kappa shape index (κ1) is 26.3. The van der Waals surface area contributed by atoms with E-state index in [1.807, 2.05) is 53.1 Å². The third-order valence-corrected chi connectivity index (χ3v) is 6.92. The molecule has 0 radical (unpaired) electrons. The number of fused-ring (bicyclic) bond motifs is 1. The topological polar surface area (TPSA) is 75.9 Å². The molecule has 0 unspecified atom stereocenters. The fourth-order valence-electron chi connectivity index (χ4n) is 4.92. The summed E-state index contributed by atoms with van der Waals surface area (Å²) < 4.78 is 49.4. The van der Waals surface area contributed by atoms with E-state index >= 15 is 0 Å². The summed E-state index contributed by atoms with van der Waals surface area (Å²) in [7, 11) is 0. The third kappa shape index (κ3) is 5.45. The van der Waals surface area contributed by atoms with Crippen molar-refractivity contribution in [3.8, 4) is 5.75 Å². The van der Waals surface area contributed by atoms with Crippen LogP contribution in [0, 0.1) is 17.5 Å². The predicted octanol–water partition coefficient (Wildman–Crippen LogP) is 5.35. The Morgan fingerprint density at radius 3 is 2.51 bits per heavy atom. The number of benzene rings is 2. The van der Waals surface area contributed by atoms with E-state index in [0.717, 1.165) is 16.9 Å². The average Bonchev–Trinajstić information content (AvgIpc) is 3.35. The number of imidazole rings is 1. The highest BCUT2D eigenvalue weighted by Gasteiger charge is 2.30. The lowest BCUT2D eigenvalue weighted by Gasteiger charge is -2.32. The molecule has 1 N–H and O–H groups in total. The Kier molecular flexibility index (Phi) is 7.53. The maximum Gasteiger partial charge on any atom is 0.257 e. The molecule has 2 aromatic heterocycles. The number of rotatable bonds is 7. The van der Waals surface area contributed by atoms with Gasteiger partial charge in [0.05, 0.1) is 24.3 Å². The summed E-state index contributed by atoms with van der Waals surface area (Å²) in [6.07, 6.45) is 4.98. The molecule has 0 spiro atoms. The number of nitrogens with zero attached hydrogens (tertiary/aromatic N) is 3. The molecule has 2 aromatic carbocycles. The van der Waals surface area contributed by atoms with Crippen LogP contribution in [0.15, 0.2) is 60.9 Å². The van der Waals surface area contributed by atoms with Crippen molar-refractivity contribution in [1.82, 2.24) is 14.3 Å². The number of hydrogen-bond donors (Lipinski definition) is 1. The van der Waals surface area contributed by atoms with Gasteiger partial charge in [-0.25, -0.2) is 13.8 Å². The number of hydrogen-bond acceptors (Lipinski definition) is 4. The molecule has 0 bridgehead atoms. The van der Waals surface area contributed by atoms with Crippen molar-refractivity contribution in [2.24, 2.45) is 0 Å². The lowest BCUT2D eigenvalue weighted by Crippen LogP contribution is -2.38. The number of halogens is 3. The second-order valence-corrected chi connectivity index (χ2v) is 9.39. The zero-order valence-corrected chi connectivity index (χ0v) is 21.3. The highest BCUT2D eigenvalue weighted by molar-refractivity contribution is 5.95. The van der Waals surface area contributed by atoms with Crippen LogP contribution in [0.1, 0.15) is 47.3 Å². The normalized spacial score (nSPS) is 14.0. The van der Waals surface area contributed by atoms with Crippen LogP contribution in [0.25, 0.3) is 5.65 Å². The van der Waals surface area contributed by atoms with Gasteiger partial charge < -0.3 is 19.4 Å². The van der Waals surface area contributed by atoms with Crippen molar-refractivity contribution in [2.75, 3.05) is 25.0 Å². The maximum atomic E-state index is 14.7. The molecule has 39 heavy (non-hydrogen) atoms. The van der Waals surface area contributed by atoms with Crippen molar-refractivity contribution < 1.29 is 27.5 Å². The maximum absolute atomic E-state index is 14.7. The number of amides is 2. The number of carbonyl (C=O) groups is 2. The minimum Gasteiger partial charge on any atom is -0.488 e. The van der Waals surface area contributed by atoms with E-state index in [1.165, 1.54) is 11.8 Å². The van der Waals surface area contributed by atoms with Crippen molar-refractivity contribution >= 4 is 23.1 Å². The van der Waals surface area contributed by atoms with Crippen LogP contribution >= 0.6 is 0 Å². The van der Waals surface area contributed by atoms with Gasteiger partial charge >= 0.3 is 0 Å². The molecule has 10 heteroatoms. The van der Waals surface area contributed by atoms with Crippen LogP contribution in [0.2, 0.25) is 0 Å². The van der Waals surface area contributed by atoms with E-state index in [1.54, 1.807) is 6.20 Å². The first-order valence-electron chi connectivity index (χ1n) is 12.8. The smallest absolute Gasteiger partial charge is 0.257 e. The van der Waals surface area contributed by atoms with Crippen molar-refractivity contribution in [1.29, 1.82) is 0 Å². The SMILES string of the molecule is CCOc1c(F)c(F)cc(C(=O)N2CCC(c3ccc(NC(=O)Cc4cnc5ccccn45)cc3)CC2)c1F. The summed E-state index contributed by atoms with van der Waals surface area (Å²) in [5.74, 6) is -5.54. The Morgan fingerprint density at radius 2 is 1.79 bits per heavy atom. The molecular weight excluding hydrogens is 509 g/mol. The Morgan fingerprint density at radius 1 is 1.05 bits per heavy atom. The quantitative estimate of drug-likeness (QED) is 0.323. The van der Waals surface area contributed by atoms with Gasteiger partial charge in [-0.1, -0.05) is 18.2 Å². The zero-order valence-electron chi connectivity index (χ0n) is 21.3. The molecule has 2 amide bonds. The fraction of sp³-hybridized carbons (Fsp3) is 0.276. The van der Waals surface area contributed by atoms with E-state index in [2.05, 4.69) is 10.3 Å². The lowest BCUT2D eigenvalue weighted by molar-refractivity contribution is -0.115. The molecule has 5 rings (SSSR count). The van der Waals surface area contributed by atoms with Crippen molar-refractivity contribution in [3.05, 3.63) is 95.2 Å². The Balaban J connectivity index is 1.18. The standard InChI is InChI=1S/C29H27F3N4O3/c1-2-39-28-26(31)22(16-23(30)27(28)32)29(38)35-13-10-19(11-14-35)18-6-8-20(9-7-18)34-25(37)15-21-17-33-24-5-3-4-12-36(21)24/h3-9,12,16-17,19H,2,10-11,13-15H2,1H3,(H,34,37). The minimum absolute atomic E-state index is 0.0688. The van der Waals surface area contributed by atoms with Crippen LogP contribution in [0.5, 0.6) is 5.75 Å². The van der Waals surface area contributed by atoms with Gasteiger partial charge in [0.1, 0.15) is 5.65 Å². The zero-order chi connectivity index (χ0) is 27.5. The van der Waals surface area contributed by atoms with Gasteiger partial charge in [0.2, 0.25) is 11.7 Å². The monoisotopic (exact) mass is 536 g/mol. The Labute approximate surface area is 223 Å². The van der Waals surface area contributed by atoms with E-state index < -0.39 is 34.7 Å². The minimum atomic E-state index is -1.44. The molecule has 7 nitrogen and oxygen atoms in total. The van der Waals surface area contributed by atoms with Gasteiger partial charge in [-0.05, 0) is 61.6 Å². The van der Waals surface area contributed by atoms with Gasteiger partial charge in [-0.2, -0.15) is 4.39 Å². The molecular formula is C29H27F3N4O3. The first-order chi connectivity index (χ1) is 18.9. The predicted molar refractivity (Wildman–Crippen MR) is 139 cm³/mol. The molecule has 1 aliphatic rings. The van der Waals surface area contributed by atoms with Crippen LogP contribution in [-0.4, -0.2) is 45.8 Å². The summed E-state index contributed by atoms with van der Waals surface area (Å²) in [5, 5.41) is 2.91. The third-order valence-electron chi connectivity index (χ3n) is 6.92. The molecule has 1 aliphatic heterocycles. The largest absolute Gasteiger partial charge is 0.488 e. The number of anilines is 1. The molecule has 3 heterocycles. The van der Waals surface area contributed by atoms with Gasteiger partial charge in [0, 0.05) is 31.2 Å². The molecule has 1 saturated heterocycles. The second-order valence-electron chi connectivity index (χ2n) is 9.39. The molecule has 1 fully saturated rings. The number of carbonyl (C=O) groups excluding carboxylic acids is 2. The van der Waals surface area contributed by atoms with Crippen LogP contribution < -0.4 is 10.1 Å². The van der Waals surface area contributed by atoms with Crippen molar-refractivity contribution in [2.45, 2.75) is 32.1 Å². The van der Waals surface area contributed by atoms with E-state index in [4.69, 9.17) is 4.74 Å². The van der Waals surface area contributed by atoms with Crippen LogP contribution in [0.3, 0.4) is 0 Å². The van der Waals surface area contributed by atoms with Crippen LogP contribution in [0.4, 0.5) is 18.9 Å². The number of pyridine rings is 1. The fourth-order valence-corrected chi connectivity index (χ4v) is 4.92. The Hall–Kier alpha value is -4.34. The number of ether oxygens (including phenoxy) is 1. The molecule has 0 aliphatic carbocycles. The summed E-state index contributed by atoms with van der Waals surface area (Å²) in [6.45, 7) is 2.12. The van der Waals surface area contributed by atoms with E-state index in [9.17, 15) is 22.8 Å². The van der Waals surface area contributed by atoms with Crippen LogP contribution in [-0.2, 0) is 11.2 Å². The number of likely N-dealkylation sites (tertiary alicyclic amines) is 1. The molecule has 202 valence electrons. The number of aromatic nitrogens is 2. The number of nitrogens with one attached hydrogen (secondary N) is 1. The highest BCUT2D eigenvalue weighted by Crippen LogP contribution is 2.32. The summed E-state index contributed by atoms with van der Waals surface area (Å²) in [4.78, 5) is 31.2. The number of piperidine rings is 1.